The summed E-state index contributed by atoms with van der Waals surface area (Å²) in [5.41, 5.74) is 0.912. The fraction of sp³-hybridized carbons (Fsp3) is 0.455. The average molecular weight is 411 g/mol. The van der Waals surface area contributed by atoms with Gasteiger partial charge in [0.05, 0.1) is 18.4 Å². The molecule has 2 fully saturated rings. The number of likely N-dealkylation sites (tertiary alicyclic amines) is 1. The molecule has 0 spiro atoms. The zero-order valence-corrected chi connectivity index (χ0v) is 17.0. The van der Waals surface area contributed by atoms with E-state index in [2.05, 4.69) is 10.6 Å². The van der Waals surface area contributed by atoms with Gasteiger partial charge < -0.3 is 10.1 Å². The van der Waals surface area contributed by atoms with E-state index in [1.165, 1.54) is 0 Å². The predicted molar refractivity (Wildman–Crippen MR) is 109 cm³/mol. The van der Waals surface area contributed by atoms with Crippen molar-refractivity contribution < 1.29 is 23.9 Å². The van der Waals surface area contributed by atoms with Crippen LogP contribution in [-0.4, -0.2) is 41.9 Å². The number of allylic oxidation sites excluding steroid dienone is 2. The normalized spacial score (nSPS) is 26.3. The minimum absolute atomic E-state index is 0.114. The van der Waals surface area contributed by atoms with Gasteiger partial charge in [0.1, 0.15) is 6.54 Å². The first-order chi connectivity index (χ1) is 14.3. The Labute approximate surface area is 174 Å². The van der Waals surface area contributed by atoms with E-state index < -0.39 is 12.0 Å². The molecule has 1 aromatic carbocycles. The van der Waals surface area contributed by atoms with Crippen molar-refractivity contribution in [3.63, 3.8) is 0 Å². The van der Waals surface area contributed by atoms with Crippen LogP contribution in [0.25, 0.3) is 0 Å². The lowest BCUT2D eigenvalue weighted by Gasteiger charge is -2.17. The van der Waals surface area contributed by atoms with Gasteiger partial charge in [-0.2, -0.15) is 0 Å². The van der Waals surface area contributed by atoms with E-state index in [1.807, 2.05) is 26.0 Å². The summed E-state index contributed by atoms with van der Waals surface area (Å²) in [5.74, 6) is -1.14. The van der Waals surface area contributed by atoms with Gasteiger partial charge in [0.25, 0.3) is 0 Å². The van der Waals surface area contributed by atoms with E-state index in [1.54, 1.807) is 24.3 Å². The lowest BCUT2D eigenvalue weighted by molar-refractivity contribution is -0.143. The molecule has 0 radical (unpaired) electrons. The third kappa shape index (κ3) is 3.81. The highest BCUT2D eigenvalue weighted by atomic mass is 16.5. The Morgan fingerprint density at radius 3 is 2.27 bits per heavy atom. The Morgan fingerprint density at radius 2 is 1.67 bits per heavy atom. The number of hydrogen-bond acceptors (Lipinski definition) is 5. The Balaban J connectivity index is 1.34. The zero-order chi connectivity index (χ0) is 21.4. The Hall–Kier alpha value is -3.16. The SMILES string of the molecule is CC(C)COC(=O)Nc1cccc(NC(=O)CN2C(=O)C3C4C=CC(C4)C3C2=O)c1. The molecule has 1 saturated carbocycles. The maximum Gasteiger partial charge on any atom is 0.411 e. The van der Waals surface area contributed by atoms with Crippen LogP contribution in [0, 0.1) is 29.6 Å². The Kier molecular flexibility index (Phi) is 5.32. The summed E-state index contributed by atoms with van der Waals surface area (Å²) in [6, 6.07) is 6.59. The van der Waals surface area contributed by atoms with Gasteiger partial charge in [0.2, 0.25) is 17.7 Å². The van der Waals surface area contributed by atoms with Gasteiger partial charge in [0, 0.05) is 11.4 Å². The first kappa shape index (κ1) is 20.1. The lowest BCUT2D eigenvalue weighted by atomic mass is 9.85. The summed E-state index contributed by atoms with van der Waals surface area (Å²) in [6.45, 7) is 3.87. The Morgan fingerprint density at radius 1 is 1.07 bits per heavy atom. The van der Waals surface area contributed by atoms with Crippen LogP contribution < -0.4 is 10.6 Å². The molecule has 4 amide bonds. The highest BCUT2D eigenvalue weighted by Crippen LogP contribution is 2.52. The first-order valence-corrected chi connectivity index (χ1v) is 10.2. The van der Waals surface area contributed by atoms with E-state index in [0.717, 1.165) is 11.3 Å². The first-order valence-electron chi connectivity index (χ1n) is 10.2. The number of carbonyl (C=O) groups excluding carboxylic acids is 4. The summed E-state index contributed by atoms with van der Waals surface area (Å²) in [6.07, 6.45) is 4.32. The number of hydrogen-bond donors (Lipinski definition) is 2. The Bertz CT molecular complexity index is 895. The van der Waals surface area contributed by atoms with Crippen LogP contribution in [0.15, 0.2) is 36.4 Å². The van der Waals surface area contributed by atoms with Gasteiger partial charge in [-0.3, -0.25) is 24.6 Å². The minimum atomic E-state index is -0.574. The van der Waals surface area contributed by atoms with Gasteiger partial charge in [-0.15, -0.1) is 0 Å². The van der Waals surface area contributed by atoms with Crippen molar-refractivity contribution >= 4 is 35.2 Å². The summed E-state index contributed by atoms with van der Waals surface area (Å²) >= 11 is 0. The molecule has 2 bridgehead atoms. The number of rotatable bonds is 6. The molecule has 4 rings (SSSR count). The molecule has 3 aliphatic rings. The number of nitrogens with zero attached hydrogens (tertiary/aromatic N) is 1. The van der Waals surface area contributed by atoms with Crippen LogP contribution in [0.4, 0.5) is 16.2 Å². The minimum Gasteiger partial charge on any atom is -0.449 e. The smallest absolute Gasteiger partial charge is 0.411 e. The molecule has 1 aliphatic heterocycles. The molecule has 2 N–H and O–H groups in total. The molecule has 30 heavy (non-hydrogen) atoms. The molecular formula is C22H25N3O5. The van der Waals surface area contributed by atoms with Crippen LogP contribution in [0.5, 0.6) is 0 Å². The number of carbonyl (C=O) groups is 4. The molecule has 1 aromatic rings. The van der Waals surface area contributed by atoms with Crippen LogP contribution in [-0.2, 0) is 19.1 Å². The van der Waals surface area contributed by atoms with E-state index >= 15 is 0 Å². The lowest BCUT2D eigenvalue weighted by Crippen LogP contribution is -2.39. The largest absolute Gasteiger partial charge is 0.449 e. The second kappa shape index (κ2) is 7.93. The molecule has 8 nitrogen and oxygen atoms in total. The number of imide groups is 1. The average Bonchev–Trinajstić information content (AvgIpc) is 3.37. The summed E-state index contributed by atoms with van der Waals surface area (Å²) in [5, 5.41) is 5.29. The summed E-state index contributed by atoms with van der Waals surface area (Å²) in [4.78, 5) is 50.7. The maximum atomic E-state index is 12.7. The number of ether oxygens (including phenoxy) is 1. The van der Waals surface area contributed by atoms with Gasteiger partial charge in [0.15, 0.2) is 0 Å². The van der Waals surface area contributed by atoms with Gasteiger partial charge in [-0.1, -0.05) is 32.1 Å². The topological polar surface area (TPSA) is 105 Å². The van der Waals surface area contributed by atoms with Crippen molar-refractivity contribution in [3.05, 3.63) is 36.4 Å². The number of benzene rings is 1. The van der Waals surface area contributed by atoms with Gasteiger partial charge >= 0.3 is 6.09 Å². The molecule has 4 unspecified atom stereocenters. The van der Waals surface area contributed by atoms with Crippen molar-refractivity contribution in [3.8, 4) is 0 Å². The van der Waals surface area contributed by atoms with Crippen molar-refractivity contribution in [2.24, 2.45) is 29.6 Å². The van der Waals surface area contributed by atoms with E-state index in [0.29, 0.717) is 18.0 Å². The molecule has 4 atom stereocenters. The van der Waals surface area contributed by atoms with E-state index in [4.69, 9.17) is 4.74 Å². The molecule has 158 valence electrons. The fourth-order valence-electron chi connectivity index (χ4n) is 4.54. The third-order valence-corrected chi connectivity index (χ3v) is 5.80. The number of anilines is 2. The van der Waals surface area contributed by atoms with E-state index in [9.17, 15) is 19.2 Å². The second-order valence-electron chi connectivity index (χ2n) is 8.51. The maximum absolute atomic E-state index is 12.7. The van der Waals surface area contributed by atoms with Crippen LogP contribution in [0.1, 0.15) is 20.3 Å². The monoisotopic (exact) mass is 411 g/mol. The predicted octanol–water partition coefficient (Wildman–Crippen LogP) is 2.64. The number of nitrogens with one attached hydrogen (secondary N) is 2. The van der Waals surface area contributed by atoms with Crippen LogP contribution >= 0.6 is 0 Å². The van der Waals surface area contributed by atoms with Crippen LogP contribution in [0.3, 0.4) is 0 Å². The standard InChI is InChI=1S/C22H25N3O5/c1-12(2)11-30-22(29)24-16-5-3-4-15(9-16)23-17(26)10-25-20(27)18-13-6-7-14(8-13)19(18)21(25)28/h3-7,9,12-14,18-19H,8,10-11H2,1-2H3,(H,23,26)(H,24,29). The van der Waals surface area contributed by atoms with Crippen molar-refractivity contribution in [1.29, 1.82) is 0 Å². The van der Waals surface area contributed by atoms with E-state index in [-0.39, 0.29) is 47.9 Å². The summed E-state index contributed by atoms with van der Waals surface area (Å²) in [7, 11) is 0. The highest BCUT2D eigenvalue weighted by Gasteiger charge is 2.59. The molecule has 1 heterocycles. The van der Waals surface area contributed by atoms with Gasteiger partial charge in [-0.25, -0.2) is 4.79 Å². The molecule has 2 aliphatic carbocycles. The second-order valence-corrected chi connectivity index (χ2v) is 8.51. The number of amides is 4. The third-order valence-electron chi connectivity index (χ3n) is 5.80. The van der Waals surface area contributed by atoms with Crippen molar-refractivity contribution in [2.75, 3.05) is 23.8 Å². The molecule has 1 saturated heterocycles. The van der Waals surface area contributed by atoms with Crippen molar-refractivity contribution in [2.45, 2.75) is 20.3 Å². The molecule has 0 aromatic heterocycles. The van der Waals surface area contributed by atoms with Gasteiger partial charge in [-0.05, 0) is 42.4 Å². The fourth-order valence-corrected chi connectivity index (χ4v) is 4.54. The molecule has 8 heteroatoms. The number of fused-ring (bicyclic) bond motifs is 5. The van der Waals surface area contributed by atoms with Crippen molar-refractivity contribution in [1.82, 2.24) is 4.90 Å². The highest BCUT2D eigenvalue weighted by molar-refractivity contribution is 6.09. The zero-order valence-electron chi connectivity index (χ0n) is 17.0. The van der Waals surface area contributed by atoms with Crippen LogP contribution in [0.2, 0.25) is 0 Å². The summed E-state index contributed by atoms with van der Waals surface area (Å²) < 4.78 is 5.08. The quantitative estimate of drug-likeness (QED) is 0.553. The molecular weight excluding hydrogens is 386 g/mol.